The number of fused-ring (bicyclic) bond motifs is 6. The minimum atomic E-state index is 0.657. The monoisotopic (exact) mass is 630 g/mol. The van der Waals surface area contributed by atoms with Crippen LogP contribution in [0.15, 0.2) is 152 Å². The fraction of sp³-hybridized carbons (Fsp3) is 0.0667. The predicted molar refractivity (Wildman–Crippen MR) is 206 cm³/mol. The molecule has 0 N–H and O–H groups in total. The second kappa shape index (κ2) is 11.8. The normalized spacial score (nSPS) is 11.9. The molecule has 0 spiro atoms. The van der Waals surface area contributed by atoms with Gasteiger partial charge in [0.25, 0.3) is 0 Å². The van der Waals surface area contributed by atoms with E-state index in [4.69, 9.17) is 9.97 Å². The van der Waals surface area contributed by atoms with Crippen LogP contribution < -0.4 is 0 Å². The molecule has 9 aromatic rings. The van der Waals surface area contributed by atoms with E-state index in [0.29, 0.717) is 5.95 Å². The van der Waals surface area contributed by atoms with E-state index < -0.39 is 0 Å². The third-order valence-corrected chi connectivity index (χ3v) is 9.62. The maximum absolute atomic E-state index is 5.29. The Morgan fingerprint density at radius 1 is 0.551 bits per heavy atom. The van der Waals surface area contributed by atoms with E-state index in [0.717, 1.165) is 45.8 Å². The topological polar surface area (TPSA) is 35.6 Å². The van der Waals surface area contributed by atoms with Gasteiger partial charge in [-0.15, -0.1) is 0 Å². The molecule has 0 atom stereocenters. The molecule has 0 saturated carbocycles. The van der Waals surface area contributed by atoms with Gasteiger partial charge in [-0.05, 0) is 66.8 Å². The third kappa shape index (κ3) is 4.76. The quantitative estimate of drug-likeness (QED) is 0.183. The number of aryl methyl sites for hydroxylation is 1. The lowest BCUT2D eigenvalue weighted by Gasteiger charge is -2.13. The van der Waals surface area contributed by atoms with Crippen LogP contribution in [-0.4, -0.2) is 19.1 Å². The molecule has 0 radical (unpaired) electrons. The van der Waals surface area contributed by atoms with E-state index in [2.05, 4.69) is 169 Å². The Hall–Kier alpha value is -6.26. The molecule has 3 heterocycles. The summed E-state index contributed by atoms with van der Waals surface area (Å²) in [5.74, 6) is 0.657. The van der Waals surface area contributed by atoms with Crippen LogP contribution in [0.1, 0.15) is 24.6 Å². The molecular formula is C45H34N4. The van der Waals surface area contributed by atoms with Gasteiger partial charge < -0.3 is 4.57 Å². The fourth-order valence-corrected chi connectivity index (χ4v) is 7.28. The molecule has 9 rings (SSSR count). The van der Waals surface area contributed by atoms with E-state index in [1.54, 1.807) is 0 Å². The SMILES string of the molecule is CC/C=C\c1c(C)c2cc3ccc4c5ccccc5n(-c5ccccc5)c4c3cc2n1-c1nc(-c2ccccc2)cc(-c2ccccc2)n1. The third-order valence-electron chi connectivity index (χ3n) is 9.62. The van der Waals surface area contributed by atoms with Gasteiger partial charge in [-0.1, -0.05) is 122 Å². The highest BCUT2D eigenvalue weighted by Gasteiger charge is 2.21. The van der Waals surface area contributed by atoms with Gasteiger partial charge in [0.1, 0.15) is 0 Å². The number of benzene rings is 6. The Morgan fingerprint density at radius 3 is 1.86 bits per heavy atom. The van der Waals surface area contributed by atoms with Crippen molar-refractivity contribution in [1.29, 1.82) is 0 Å². The highest BCUT2D eigenvalue weighted by atomic mass is 15.2. The van der Waals surface area contributed by atoms with Gasteiger partial charge in [0.15, 0.2) is 0 Å². The molecule has 234 valence electrons. The average molecular weight is 631 g/mol. The smallest absolute Gasteiger partial charge is 0.235 e. The first kappa shape index (κ1) is 28.9. The molecule has 0 fully saturated rings. The summed E-state index contributed by atoms with van der Waals surface area (Å²) in [4.78, 5) is 10.6. The summed E-state index contributed by atoms with van der Waals surface area (Å²) in [7, 11) is 0. The Kier molecular flexibility index (Phi) is 6.94. The fourth-order valence-electron chi connectivity index (χ4n) is 7.28. The van der Waals surface area contributed by atoms with Crippen LogP contribution in [0.4, 0.5) is 0 Å². The van der Waals surface area contributed by atoms with E-state index in [9.17, 15) is 0 Å². The van der Waals surface area contributed by atoms with E-state index in [1.165, 1.54) is 43.5 Å². The predicted octanol–water partition coefficient (Wildman–Crippen LogP) is 11.7. The summed E-state index contributed by atoms with van der Waals surface area (Å²) in [6.45, 7) is 4.39. The van der Waals surface area contributed by atoms with Crippen LogP contribution in [0, 0.1) is 6.92 Å². The zero-order chi connectivity index (χ0) is 32.9. The van der Waals surface area contributed by atoms with Gasteiger partial charge in [-0.3, -0.25) is 4.57 Å². The lowest BCUT2D eigenvalue weighted by Crippen LogP contribution is -2.06. The lowest BCUT2D eigenvalue weighted by atomic mass is 10.0. The number of para-hydroxylation sites is 2. The van der Waals surface area contributed by atoms with Crippen molar-refractivity contribution in [3.8, 4) is 34.2 Å². The number of hydrogen-bond donors (Lipinski definition) is 0. The maximum atomic E-state index is 5.29. The van der Waals surface area contributed by atoms with E-state index >= 15 is 0 Å². The first-order valence-corrected chi connectivity index (χ1v) is 16.9. The largest absolute Gasteiger partial charge is 0.309 e. The van der Waals surface area contributed by atoms with Crippen LogP contribution >= 0.6 is 0 Å². The number of aromatic nitrogens is 4. The molecule has 0 aliphatic carbocycles. The molecule has 6 aromatic carbocycles. The van der Waals surface area contributed by atoms with Crippen molar-refractivity contribution < 1.29 is 0 Å². The van der Waals surface area contributed by atoms with Crippen LogP contribution in [0.25, 0.3) is 83.7 Å². The summed E-state index contributed by atoms with van der Waals surface area (Å²) in [6.07, 6.45) is 5.39. The van der Waals surface area contributed by atoms with Crippen molar-refractivity contribution >= 4 is 49.6 Å². The number of nitrogens with zero attached hydrogens (tertiary/aromatic N) is 4. The Bertz CT molecular complexity index is 2620. The van der Waals surface area contributed by atoms with Crippen molar-refractivity contribution in [3.63, 3.8) is 0 Å². The average Bonchev–Trinajstić information content (AvgIpc) is 3.65. The molecule has 0 aliphatic rings. The Morgan fingerprint density at radius 2 is 1.18 bits per heavy atom. The molecule has 3 aromatic heterocycles. The first-order chi connectivity index (χ1) is 24.2. The van der Waals surface area contributed by atoms with Gasteiger partial charge in [-0.25, -0.2) is 9.97 Å². The van der Waals surface area contributed by atoms with Gasteiger partial charge in [0, 0.05) is 38.4 Å². The summed E-state index contributed by atoms with van der Waals surface area (Å²) in [5, 5.41) is 6.07. The van der Waals surface area contributed by atoms with Crippen LogP contribution in [-0.2, 0) is 0 Å². The summed E-state index contributed by atoms with van der Waals surface area (Å²) >= 11 is 0. The van der Waals surface area contributed by atoms with Crippen LogP contribution in [0.3, 0.4) is 0 Å². The molecule has 0 aliphatic heterocycles. The highest BCUT2D eigenvalue weighted by Crippen LogP contribution is 2.40. The summed E-state index contributed by atoms with van der Waals surface area (Å²) < 4.78 is 4.68. The second-order valence-electron chi connectivity index (χ2n) is 12.6. The second-order valence-corrected chi connectivity index (χ2v) is 12.6. The van der Waals surface area contributed by atoms with E-state index in [1.807, 2.05) is 12.1 Å². The number of hydrogen-bond acceptors (Lipinski definition) is 2. The zero-order valence-corrected chi connectivity index (χ0v) is 27.5. The minimum Gasteiger partial charge on any atom is -0.309 e. The summed E-state index contributed by atoms with van der Waals surface area (Å²) in [5.41, 5.74) is 10.8. The minimum absolute atomic E-state index is 0.657. The van der Waals surface area contributed by atoms with Gasteiger partial charge in [-0.2, -0.15) is 0 Å². The Labute approximate surface area is 285 Å². The Balaban J connectivity index is 1.41. The lowest BCUT2D eigenvalue weighted by molar-refractivity contribution is 0.955. The van der Waals surface area contributed by atoms with Crippen molar-refractivity contribution in [2.75, 3.05) is 0 Å². The highest BCUT2D eigenvalue weighted by molar-refractivity contribution is 6.20. The molecule has 4 heteroatoms. The van der Waals surface area contributed by atoms with Crippen LogP contribution in [0.2, 0.25) is 0 Å². The molecule has 0 saturated heterocycles. The van der Waals surface area contributed by atoms with Gasteiger partial charge in [0.05, 0.1) is 33.6 Å². The van der Waals surface area contributed by atoms with Crippen molar-refractivity contribution in [2.45, 2.75) is 20.3 Å². The first-order valence-electron chi connectivity index (χ1n) is 16.9. The maximum Gasteiger partial charge on any atom is 0.235 e. The molecular weight excluding hydrogens is 597 g/mol. The van der Waals surface area contributed by atoms with Gasteiger partial charge >= 0.3 is 0 Å². The molecule has 0 unspecified atom stereocenters. The number of rotatable bonds is 6. The van der Waals surface area contributed by atoms with Crippen molar-refractivity contribution in [2.24, 2.45) is 0 Å². The van der Waals surface area contributed by atoms with Crippen molar-refractivity contribution in [3.05, 3.63) is 163 Å². The van der Waals surface area contributed by atoms with Crippen molar-refractivity contribution in [1.82, 2.24) is 19.1 Å². The van der Waals surface area contributed by atoms with Gasteiger partial charge in [0.2, 0.25) is 5.95 Å². The zero-order valence-electron chi connectivity index (χ0n) is 27.5. The molecule has 0 bridgehead atoms. The number of allylic oxidation sites excluding steroid dienone is 1. The van der Waals surface area contributed by atoms with Crippen LogP contribution in [0.5, 0.6) is 0 Å². The molecule has 4 nitrogen and oxygen atoms in total. The molecule has 0 amide bonds. The van der Waals surface area contributed by atoms with E-state index in [-0.39, 0.29) is 0 Å². The standard InChI is InChI=1S/C45H34N4/c1-3-4-23-41-30(2)37-27-33-25-26-36-35-22-14-15-24-42(35)48(34-20-12-7-13-21-34)44(36)38(33)28-43(37)49(41)45-46-39(31-16-8-5-9-17-31)29-40(47-45)32-18-10-6-11-19-32/h4-29H,3H2,1-2H3/b23-4-. The summed E-state index contributed by atoms with van der Waals surface area (Å²) in [6, 6.07) is 51.6. The molecule has 49 heavy (non-hydrogen) atoms.